The number of hydrogen-bond acceptors (Lipinski definition) is 5. The maximum absolute atomic E-state index is 5.79. The van der Waals surface area contributed by atoms with E-state index in [0.717, 1.165) is 35.0 Å². The van der Waals surface area contributed by atoms with Gasteiger partial charge in [-0.05, 0) is 18.1 Å². The zero-order valence-corrected chi connectivity index (χ0v) is 13.0. The molecule has 1 heterocycles. The van der Waals surface area contributed by atoms with Crippen molar-refractivity contribution in [2.24, 2.45) is 11.7 Å². The van der Waals surface area contributed by atoms with Crippen LogP contribution < -0.4 is 15.2 Å². The molecule has 21 heavy (non-hydrogen) atoms. The van der Waals surface area contributed by atoms with Crippen molar-refractivity contribution in [2.45, 2.75) is 26.9 Å². The van der Waals surface area contributed by atoms with Gasteiger partial charge >= 0.3 is 0 Å². The highest BCUT2D eigenvalue weighted by atomic mass is 16.5. The second-order valence-corrected chi connectivity index (χ2v) is 5.27. The van der Waals surface area contributed by atoms with Crippen LogP contribution in [-0.2, 0) is 13.1 Å². The lowest BCUT2D eigenvalue weighted by molar-refractivity contribution is 0.394. The summed E-state index contributed by atoms with van der Waals surface area (Å²) in [6.45, 7) is 5.40. The monoisotopic (exact) mass is 290 g/mol. The Morgan fingerprint density at radius 2 is 1.76 bits per heavy atom. The zero-order chi connectivity index (χ0) is 15.4. The average molecular weight is 290 g/mol. The third-order valence-corrected chi connectivity index (χ3v) is 3.16. The smallest absolute Gasteiger partial charge is 0.123 e. The molecule has 0 bridgehead atoms. The van der Waals surface area contributed by atoms with Gasteiger partial charge < -0.3 is 15.2 Å². The first-order valence-corrected chi connectivity index (χ1v) is 6.94. The lowest BCUT2D eigenvalue weighted by Crippen LogP contribution is -2.09. The van der Waals surface area contributed by atoms with Crippen LogP contribution in [0, 0.1) is 5.92 Å². The van der Waals surface area contributed by atoms with E-state index >= 15 is 0 Å². The van der Waals surface area contributed by atoms with E-state index in [2.05, 4.69) is 24.2 Å². The molecule has 2 aromatic rings. The molecule has 0 radical (unpaired) electrons. The van der Waals surface area contributed by atoms with Gasteiger partial charge in [-0.3, -0.25) is 0 Å². The summed E-state index contributed by atoms with van der Waals surface area (Å²) in [4.78, 5) is 0. The molecule has 0 amide bonds. The molecule has 1 aromatic heterocycles. The van der Waals surface area contributed by atoms with Gasteiger partial charge in [0.1, 0.15) is 17.2 Å². The third kappa shape index (κ3) is 3.33. The predicted octanol–water partition coefficient (Wildman–Crippen LogP) is 2.08. The van der Waals surface area contributed by atoms with Crippen LogP contribution in [0.2, 0.25) is 0 Å². The van der Waals surface area contributed by atoms with Crippen molar-refractivity contribution in [2.75, 3.05) is 14.2 Å². The van der Waals surface area contributed by atoms with E-state index in [9.17, 15) is 0 Å². The summed E-state index contributed by atoms with van der Waals surface area (Å²) in [7, 11) is 3.26. The molecule has 2 rings (SSSR count). The molecule has 0 atom stereocenters. The minimum Gasteiger partial charge on any atom is -0.497 e. The SMILES string of the molecule is COc1cc(OC)cc(-c2c(CN)nnn2CC(C)C)c1. The van der Waals surface area contributed by atoms with E-state index in [0.29, 0.717) is 12.5 Å². The molecule has 0 saturated heterocycles. The second kappa shape index (κ2) is 6.58. The van der Waals surface area contributed by atoms with Gasteiger partial charge in [-0.1, -0.05) is 19.1 Å². The van der Waals surface area contributed by atoms with Crippen molar-refractivity contribution in [1.82, 2.24) is 15.0 Å². The molecular weight excluding hydrogens is 268 g/mol. The molecule has 6 nitrogen and oxygen atoms in total. The summed E-state index contributed by atoms with van der Waals surface area (Å²) in [6.07, 6.45) is 0. The number of nitrogens with two attached hydrogens (primary N) is 1. The number of aromatic nitrogens is 3. The summed E-state index contributed by atoms with van der Waals surface area (Å²) < 4.78 is 12.5. The van der Waals surface area contributed by atoms with Crippen LogP contribution in [0.1, 0.15) is 19.5 Å². The van der Waals surface area contributed by atoms with E-state index < -0.39 is 0 Å². The van der Waals surface area contributed by atoms with E-state index in [4.69, 9.17) is 15.2 Å². The molecule has 0 unspecified atom stereocenters. The van der Waals surface area contributed by atoms with Crippen LogP contribution in [0.25, 0.3) is 11.3 Å². The minimum atomic E-state index is 0.340. The molecule has 0 fully saturated rings. The van der Waals surface area contributed by atoms with Crippen molar-refractivity contribution in [3.05, 3.63) is 23.9 Å². The van der Waals surface area contributed by atoms with Gasteiger partial charge in [-0.25, -0.2) is 4.68 Å². The highest BCUT2D eigenvalue weighted by molar-refractivity contribution is 5.66. The summed E-state index contributed by atoms with van der Waals surface area (Å²) in [5, 5.41) is 8.40. The van der Waals surface area contributed by atoms with E-state index in [1.54, 1.807) is 14.2 Å². The van der Waals surface area contributed by atoms with Gasteiger partial charge in [-0.15, -0.1) is 5.10 Å². The molecule has 1 aromatic carbocycles. The fourth-order valence-electron chi connectivity index (χ4n) is 2.22. The summed E-state index contributed by atoms with van der Waals surface area (Å²) >= 11 is 0. The Morgan fingerprint density at radius 1 is 1.14 bits per heavy atom. The quantitative estimate of drug-likeness (QED) is 0.881. The lowest BCUT2D eigenvalue weighted by atomic mass is 10.1. The molecule has 0 saturated carbocycles. The number of nitrogens with zero attached hydrogens (tertiary/aromatic N) is 3. The second-order valence-electron chi connectivity index (χ2n) is 5.27. The van der Waals surface area contributed by atoms with Gasteiger partial charge in [-0.2, -0.15) is 0 Å². The average Bonchev–Trinajstić information content (AvgIpc) is 2.88. The largest absolute Gasteiger partial charge is 0.497 e. The maximum atomic E-state index is 5.79. The van der Waals surface area contributed by atoms with Crippen LogP contribution in [0.15, 0.2) is 18.2 Å². The summed E-state index contributed by atoms with van der Waals surface area (Å²) in [5.74, 6) is 1.91. The number of ether oxygens (including phenoxy) is 2. The normalized spacial score (nSPS) is 11.0. The lowest BCUT2D eigenvalue weighted by Gasteiger charge is -2.12. The Kier molecular flexibility index (Phi) is 4.80. The number of benzene rings is 1. The maximum Gasteiger partial charge on any atom is 0.123 e. The highest BCUT2D eigenvalue weighted by Crippen LogP contribution is 2.31. The molecule has 6 heteroatoms. The molecule has 0 aliphatic carbocycles. The van der Waals surface area contributed by atoms with Crippen LogP contribution in [-0.4, -0.2) is 29.2 Å². The van der Waals surface area contributed by atoms with Crippen LogP contribution in [0.5, 0.6) is 11.5 Å². The van der Waals surface area contributed by atoms with Crippen LogP contribution >= 0.6 is 0 Å². The van der Waals surface area contributed by atoms with Crippen molar-refractivity contribution in [3.8, 4) is 22.8 Å². The van der Waals surface area contributed by atoms with Crippen molar-refractivity contribution < 1.29 is 9.47 Å². The molecule has 2 N–H and O–H groups in total. The Bertz CT molecular complexity index is 585. The van der Waals surface area contributed by atoms with Gasteiger partial charge in [0.2, 0.25) is 0 Å². The van der Waals surface area contributed by atoms with E-state index in [-0.39, 0.29) is 0 Å². The highest BCUT2D eigenvalue weighted by Gasteiger charge is 2.16. The molecular formula is C15H22N4O2. The Balaban J connectivity index is 2.56. The van der Waals surface area contributed by atoms with Gasteiger partial charge in [0.15, 0.2) is 0 Å². The van der Waals surface area contributed by atoms with Crippen LogP contribution in [0.4, 0.5) is 0 Å². The number of hydrogen-bond donors (Lipinski definition) is 1. The van der Waals surface area contributed by atoms with Gasteiger partial charge in [0.25, 0.3) is 0 Å². The standard InChI is InChI=1S/C15H22N4O2/c1-10(2)9-19-15(14(8-16)17-18-19)11-5-12(20-3)7-13(6-11)21-4/h5-7,10H,8-9,16H2,1-4H3. The van der Waals surface area contributed by atoms with Gasteiger partial charge in [0, 0.05) is 24.7 Å². The first-order chi connectivity index (χ1) is 10.1. The molecule has 0 spiro atoms. The van der Waals surface area contributed by atoms with Crippen molar-refractivity contribution in [1.29, 1.82) is 0 Å². The Morgan fingerprint density at radius 3 is 2.24 bits per heavy atom. The topological polar surface area (TPSA) is 75.2 Å². The van der Waals surface area contributed by atoms with E-state index in [1.165, 1.54) is 0 Å². The summed E-state index contributed by atoms with van der Waals surface area (Å²) in [6, 6.07) is 5.72. The van der Waals surface area contributed by atoms with E-state index in [1.807, 2.05) is 22.9 Å². The number of methoxy groups -OCH3 is 2. The minimum absolute atomic E-state index is 0.340. The molecule has 114 valence electrons. The zero-order valence-electron chi connectivity index (χ0n) is 13.0. The van der Waals surface area contributed by atoms with Crippen molar-refractivity contribution >= 4 is 0 Å². The van der Waals surface area contributed by atoms with Crippen LogP contribution in [0.3, 0.4) is 0 Å². The fraction of sp³-hybridized carbons (Fsp3) is 0.467. The van der Waals surface area contributed by atoms with Crippen molar-refractivity contribution in [3.63, 3.8) is 0 Å². The first kappa shape index (κ1) is 15.3. The predicted molar refractivity (Wildman–Crippen MR) is 81.3 cm³/mol. The Labute approximate surface area is 124 Å². The fourth-order valence-corrected chi connectivity index (χ4v) is 2.22. The third-order valence-electron chi connectivity index (χ3n) is 3.16. The number of rotatable bonds is 6. The Hall–Kier alpha value is -2.08. The van der Waals surface area contributed by atoms with Gasteiger partial charge in [0.05, 0.1) is 19.9 Å². The summed E-state index contributed by atoms with van der Waals surface area (Å²) in [5.41, 5.74) is 8.43. The first-order valence-electron chi connectivity index (χ1n) is 6.94. The molecule has 0 aliphatic rings. The molecule has 0 aliphatic heterocycles.